The summed E-state index contributed by atoms with van der Waals surface area (Å²) in [5.41, 5.74) is 1.32. The number of nitro benzene ring substituents is 1. The molecule has 0 saturated carbocycles. The van der Waals surface area contributed by atoms with Gasteiger partial charge in [0, 0.05) is 23.7 Å². The third-order valence-corrected chi connectivity index (χ3v) is 4.45. The summed E-state index contributed by atoms with van der Waals surface area (Å²) in [5.74, 6) is 0. The molecule has 1 aliphatic heterocycles. The molecule has 0 amide bonds. The third kappa shape index (κ3) is 3.55. The van der Waals surface area contributed by atoms with Crippen molar-refractivity contribution in [1.82, 2.24) is 10.2 Å². The molecule has 1 aliphatic rings. The van der Waals surface area contributed by atoms with Crippen molar-refractivity contribution in [2.45, 2.75) is 31.7 Å². The Hall–Kier alpha value is -1.46. The highest BCUT2D eigenvalue weighted by Gasteiger charge is 2.28. The van der Waals surface area contributed by atoms with E-state index in [1.54, 1.807) is 12.1 Å². The van der Waals surface area contributed by atoms with Crippen LogP contribution in [0.2, 0.25) is 0 Å². The first kappa shape index (κ1) is 14.9. The molecule has 20 heavy (non-hydrogen) atoms. The first-order chi connectivity index (χ1) is 9.54. The molecule has 5 heteroatoms. The molecule has 1 aromatic carbocycles. The zero-order valence-corrected chi connectivity index (χ0v) is 12.3. The van der Waals surface area contributed by atoms with E-state index < -0.39 is 0 Å². The fourth-order valence-corrected chi connectivity index (χ4v) is 2.70. The number of hydrogen-bond acceptors (Lipinski definition) is 4. The molecule has 0 atom stereocenters. The van der Waals surface area contributed by atoms with Crippen LogP contribution in [0.15, 0.2) is 24.3 Å². The van der Waals surface area contributed by atoms with Crippen molar-refractivity contribution in [1.29, 1.82) is 0 Å². The minimum absolute atomic E-state index is 0.240. The molecule has 0 unspecified atom stereocenters. The Morgan fingerprint density at radius 1 is 1.35 bits per heavy atom. The van der Waals surface area contributed by atoms with Crippen molar-refractivity contribution in [3.63, 3.8) is 0 Å². The lowest BCUT2D eigenvalue weighted by Gasteiger charge is -2.39. The highest BCUT2D eigenvalue weighted by Crippen LogP contribution is 2.22. The van der Waals surface area contributed by atoms with Crippen LogP contribution in [0.3, 0.4) is 0 Å². The monoisotopic (exact) mass is 277 g/mol. The van der Waals surface area contributed by atoms with Crippen molar-refractivity contribution < 1.29 is 4.92 Å². The van der Waals surface area contributed by atoms with E-state index in [0.29, 0.717) is 0 Å². The number of nitrogens with zero attached hydrogens (tertiary/aromatic N) is 2. The second kappa shape index (κ2) is 6.33. The Labute approximate surface area is 120 Å². The van der Waals surface area contributed by atoms with Gasteiger partial charge in [-0.3, -0.25) is 10.1 Å². The van der Waals surface area contributed by atoms with Crippen LogP contribution in [-0.2, 0) is 6.42 Å². The molecule has 5 nitrogen and oxygen atoms in total. The van der Waals surface area contributed by atoms with Crippen LogP contribution in [0, 0.1) is 10.1 Å². The Morgan fingerprint density at radius 3 is 2.60 bits per heavy atom. The van der Waals surface area contributed by atoms with Crippen molar-refractivity contribution in [3.05, 3.63) is 39.9 Å². The summed E-state index contributed by atoms with van der Waals surface area (Å²) in [4.78, 5) is 13.1. The smallest absolute Gasteiger partial charge is 0.272 e. The van der Waals surface area contributed by atoms with Crippen molar-refractivity contribution in [3.8, 4) is 0 Å². The first-order valence-corrected chi connectivity index (χ1v) is 7.18. The van der Waals surface area contributed by atoms with E-state index in [0.717, 1.165) is 44.5 Å². The molecule has 1 fully saturated rings. The molecule has 1 heterocycles. The molecule has 2 rings (SSSR count). The van der Waals surface area contributed by atoms with Gasteiger partial charge in [0.25, 0.3) is 5.69 Å². The van der Waals surface area contributed by atoms with Gasteiger partial charge in [-0.15, -0.1) is 0 Å². The summed E-state index contributed by atoms with van der Waals surface area (Å²) in [5, 5.41) is 14.4. The van der Waals surface area contributed by atoms with Crippen LogP contribution < -0.4 is 5.32 Å². The second-order valence-corrected chi connectivity index (χ2v) is 5.79. The summed E-state index contributed by atoms with van der Waals surface area (Å²) in [7, 11) is 2.02. The molecule has 1 N–H and O–H groups in total. The minimum Gasteiger partial charge on any atom is -0.314 e. The Balaban J connectivity index is 1.89. The number of piperidine rings is 1. The Kier molecular flexibility index (Phi) is 4.73. The number of rotatable bonds is 5. The highest BCUT2D eigenvalue weighted by atomic mass is 16.6. The fourth-order valence-electron chi connectivity index (χ4n) is 2.70. The molecule has 0 radical (unpaired) electrons. The van der Waals surface area contributed by atoms with Crippen molar-refractivity contribution >= 4 is 5.69 Å². The van der Waals surface area contributed by atoms with Gasteiger partial charge in [0.1, 0.15) is 0 Å². The zero-order chi connectivity index (χ0) is 14.6. The van der Waals surface area contributed by atoms with Gasteiger partial charge in [0.2, 0.25) is 0 Å². The normalized spacial score (nSPS) is 18.9. The quantitative estimate of drug-likeness (QED) is 0.662. The van der Waals surface area contributed by atoms with Crippen LogP contribution >= 0.6 is 0 Å². The van der Waals surface area contributed by atoms with Crippen LogP contribution in [0.25, 0.3) is 0 Å². The Bertz CT molecular complexity index is 468. The van der Waals surface area contributed by atoms with Crippen LogP contribution in [0.5, 0.6) is 0 Å². The van der Waals surface area contributed by atoms with Gasteiger partial charge >= 0.3 is 0 Å². The zero-order valence-electron chi connectivity index (χ0n) is 12.3. The summed E-state index contributed by atoms with van der Waals surface area (Å²) < 4.78 is 0. The van der Waals surface area contributed by atoms with E-state index in [-0.39, 0.29) is 16.1 Å². The maximum absolute atomic E-state index is 11.0. The van der Waals surface area contributed by atoms with Gasteiger partial charge in [-0.1, -0.05) is 18.2 Å². The summed E-state index contributed by atoms with van der Waals surface area (Å²) in [6.45, 7) is 5.26. The number of nitrogens with one attached hydrogen (secondary N) is 1. The number of para-hydroxylation sites is 1. The van der Waals surface area contributed by atoms with Gasteiger partial charge in [-0.2, -0.15) is 0 Å². The van der Waals surface area contributed by atoms with Crippen LogP contribution in [0.1, 0.15) is 25.3 Å². The number of likely N-dealkylation sites (tertiary alicyclic amines) is 1. The van der Waals surface area contributed by atoms with E-state index in [1.165, 1.54) is 0 Å². The van der Waals surface area contributed by atoms with E-state index in [1.807, 2.05) is 19.2 Å². The Morgan fingerprint density at radius 2 is 2.00 bits per heavy atom. The SMILES string of the molecule is CNC1(C)CCN(CCc2ccccc2[N+](=O)[O-])CC1. The van der Waals surface area contributed by atoms with Gasteiger partial charge < -0.3 is 10.2 Å². The van der Waals surface area contributed by atoms with Gasteiger partial charge in [0.05, 0.1) is 4.92 Å². The van der Waals surface area contributed by atoms with Crippen molar-refractivity contribution in [2.24, 2.45) is 0 Å². The molecule has 110 valence electrons. The molecule has 0 aliphatic carbocycles. The fraction of sp³-hybridized carbons (Fsp3) is 0.600. The average Bonchev–Trinajstić information content (AvgIpc) is 2.47. The lowest BCUT2D eigenvalue weighted by molar-refractivity contribution is -0.385. The van der Waals surface area contributed by atoms with Crippen molar-refractivity contribution in [2.75, 3.05) is 26.7 Å². The maximum atomic E-state index is 11.0. The highest BCUT2D eigenvalue weighted by molar-refractivity contribution is 5.39. The standard InChI is InChI=1S/C15H23N3O2/c1-15(16-2)8-11-17(12-9-15)10-7-13-5-3-4-6-14(13)18(19)20/h3-6,16H,7-12H2,1-2H3. The maximum Gasteiger partial charge on any atom is 0.272 e. The molecular formula is C15H23N3O2. The van der Waals surface area contributed by atoms with Gasteiger partial charge in [-0.25, -0.2) is 0 Å². The lowest BCUT2D eigenvalue weighted by atomic mass is 9.90. The molecule has 1 aromatic rings. The van der Waals surface area contributed by atoms with Crippen LogP contribution in [-0.4, -0.2) is 42.0 Å². The van der Waals surface area contributed by atoms with Gasteiger partial charge in [-0.05, 0) is 46.3 Å². The van der Waals surface area contributed by atoms with E-state index in [9.17, 15) is 10.1 Å². The second-order valence-electron chi connectivity index (χ2n) is 5.79. The largest absolute Gasteiger partial charge is 0.314 e. The van der Waals surface area contributed by atoms with Gasteiger partial charge in [0.15, 0.2) is 0 Å². The van der Waals surface area contributed by atoms with E-state index in [2.05, 4.69) is 17.1 Å². The predicted octanol–water partition coefficient (Wildman–Crippen LogP) is 2.21. The van der Waals surface area contributed by atoms with E-state index in [4.69, 9.17) is 0 Å². The van der Waals surface area contributed by atoms with Crippen LogP contribution in [0.4, 0.5) is 5.69 Å². The topological polar surface area (TPSA) is 58.4 Å². The minimum atomic E-state index is -0.288. The predicted molar refractivity (Wildman–Crippen MR) is 79.9 cm³/mol. The summed E-state index contributed by atoms with van der Waals surface area (Å²) in [6, 6.07) is 7.04. The number of benzene rings is 1. The molecular weight excluding hydrogens is 254 g/mol. The summed E-state index contributed by atoms with van der Waals surface area (Å²) >= 11 is 0. The molecule has 0 aromatic heterocycles. The molecule has 1 saturated heterocycles. The first-order valence-electron chi connectivity index (χ1n) is 7.18. The van der Waals surface area contributed by atoms with E-state index >= 15 is 0 Å². The molecule has 0 bridgehead atoms. The number of nitro groups is 1. The lowest BCUT2D eigenvalue weighted by Crippen LogP contribution is -2.50. The average molecular weight is 277 g/mol. The molecule has 0 spiro atoms. The summed E-state index contributed by atoms with van der Waals surface area (Å²) in [6.07, 6.45) is 2.99. The number of hydrogen-bond donors (Lipinski definition) is 1. The third-order valence-electron chi connectivity index (χ3n) is 4.45.